The summed E-state index contributed by atoms with van der Waals surface area (Å²) in [4.78, 5) is 4.76. The highest BCUT2D eigenvalue weighted by molar-refractivity contribution is 3.83. The highest BCUT2D eigenvalue weighted by Gasteiger charge is 2.09. The molecule has 0 fully saturated rings. The molecule has 0 aromatic carbocycles. The zero-order chi connectivity index (χ0) is 6.78. The molecule has 4 heteroatoms. The molecule has 0 rings (SSSR count). The summed E-state index contributed by atoms with van der Waals surface area (Å²) in [6.45, 7) is 0. The van der Waals surface area contributed by atoms with Gasteiger partial charge in [-0.05, 0) is 5.23 Å². The van der Waals surface area contributed by atoms with Crippen LogP contribution < -0.4 is 0 Å². The van der Waals surface area contributed by atoms with Crippen molar-refractivity contribution in [1.82, 2.24) is 5.23 Å². The second kappa shape index (κ2) is 2.41. The number of nitrogens with zero attached hydrogens (tertiary/aromatic N) is 2. The quantitative estimate of drug-likeness (QED) is 0.407. The van der Waals surface area contributed by atoms with Crippen LogP contribution in [0, 0.1) is 0 Å². The molecule has 0 amide bonds. The van der Waals surface area contributed by atoms with Crippen molar-refractivity contribution in [3.63, 3.8) is 0 Å². The number of hydroxylamine groups is 5. The van der Waals surface area contributed by atoms with E-state index in [0.29, 0.717) is 5.23 Å². The molecule has 0 saturated carbocycles. The van der Waals surface area contributed by atoms with Gasteiger partial charge in [-0.25, -0.2) is 0 Å². The van der Waals surface area contributed by atoms with Crippen LogP contribution in [0.2, 0.25) is 0 Å². The van der Waals surface area contributed by atoms with Gasteiger partial charge in [0.15, 0.2) is 0 Å². The average Bonchev–Trinajstić information content (AvgIpc) is 1.21. The van der Waals surface area contributed by atoms with Crippen LogP contribution in [0.4, 0.5) is 0 Å². The molecule has 0 aromatic heterocycles. The van der Waals surface area contributed by atoms with E-state index in [4.69, 9.17) is 10.1 Å². The summed E-state index contributed by atoms with van der Waals surface area (Å²) < 4.78 is 0.257. The third kappa shape index (κ3) is 5.84. The minimum absolute atomic E-state index is 0.257. The molecule has 0 aliphatic carbocycles. The Bertz CT molecular complexity index is 66.9. The van der Waals surface area contributed by atoms with Gasteiger partial charge in [-0.2, -0.15) is 4.65 Å². The first-order valence-corrected chi connectivity index (χ1v) is 2.35. The van der Waals surface area contributed by atoms with Crippen LogP contribution >= 0.6 is 0 Å². The van der Waals surface area contributed by atoms with E-state index in [2.05, 4.69) is 0 Å². The minimum atomic E-state index is 0.257. The van der Waals surface area contributed by atoms with Crippen LogP contribution in [0.25, 0.3) is 0 Å². The lowest BCUT2D eigenvalue weighted by Crippen LogP contribution is -2.39. The Kier molecular flexibility index (Phi) is 2.36. The fourth-order valence-electron chi connectivity index (χ4n) is 0.354. The minimum Gasteiger partial charge on any atom is -0.286 e. The summed E-state index contributed by atoms with van der Waals surface area (Å²) in [6, 6.07) is 0. The summed E-state index contributed by atoms with van der Waals surface area (Å²) in [6.07, 6.45) is 0. The molecular weight excluding hydrogens is 108 g/mol. The maximum absolute atomic E-state index is 8.48. The van der Waals surface area contributed by atoms with E-state index in [1.54, 1.807) is 21.1 Å². The first kappa shape index (κ1) is 7.84. The van der Waals surface area contributed by atoms with Crippen LogP contribution in [-0.4, -0.2) is 43.3 Å². The molecule has 0 atom stereocenters. The Hall–Kier alpha value is -0.160. The molecule has 0 bridgehead atoms. The van der Waals surface area contributed by atoms with E-state index in [-0.39, 0.29) is 4.65 Å². The SMILES string of the molecule is CN(O)O[N+](C)(C)C. The van der Waals surface area contributed by atoms with Crippen LogP contribution in [0.1, 0.15) is 0 Å². The van der Waals surface area contributed by atoms with Crippen molar-refractivity contribution in [2.45, 2.75) is 0 Å². The van der Waals surface area contributed by atoms with Crippen LogP contribution in [0.5, 0.6) is 0 Å². The number of rotatable bonds is 2. The molecule has 0 saturated heterocycles. The van der Waals surface area contributed by atoms with E-state index in [9.17, 15) is 0 Å². The van der Waals surface area contributed by atoms with Gasteiger partial charge in [0.25, 0.3) is 0 Å². The lowest BCUT2D eigenvalue weighted by atomic mass is 11.0. The van der Waals surface area contributed by atoms with Crippen molar-refractivity contribution < 1.29 is 14.8 Å². The number of hydrogen-bond acceptors (Lipinski definition) is 3. The third-order valence-corrected chi connectivity index (χ3v) is 0.363. The van der Waals surface area contributed by atoms with Gasteiger partial charge in [0.2, 0.25) is 0 Å². The van der Waals surface area contributed by atoms with Crippen molar-refractivity contribution in [3.05, 3.63) is 0 Å². The summed E-state index contributed by atoms with van der Waals surface area (Å²) in [5.41, 5.74) is 0. The molecule has 0 unspecified atom stereocenters. The van der Waals surface area contributed by atoms with Gasteiger partial charge < -0.3 is 0 Å². The van der Waals surface area contributed by atoms with Gasteiger partial charge in [0, 0.05) is 7.05 Å². The second-order valence-corrected chi connectivity index (χ2v) is 2.44. The molecule has 8 heavy (non-hydrogen) atoms. The normalized spacial score (nSPS) is 12.8. The van der Waals surface area contributed by atoms with Crippen LogP contribution in [0.15, 0.2) is 0 Å². The zero-order valence-electron chi connectivity index (χ0n) is 5.75. The van der Waals surface area contributed by atoms with E-state index in [0.717, 1.165) is 0 Å². The molecule has 0 aliphatic rings. The Labute approximate surface area is 49.3 Å². The smallest absolute Gasteiger partial charge is 0.100 e. The lowest BCUT2D eigenvalue weighted by molar-refractivity contribution is -1.10. The Morgan fingerprint density at radius 2 is 1.75 bits per heavy atom. The standard InChI is InChI=1S/C4H13N2O2/c1-5(7)8-6(2,3)4/h7H,1-4H3/q+1. The van der Waals surface area contributed by atoms with Crippen molar-refractivity contribution in [2.24, 2.45) is 0 Å². The van der Waals surface area contributed by atoms with E-state index < -0.39 is 0 Å². The summed E-state index contributed by atoms with van der Waals surface area (Å²) in [5, 5.41) is 9.16. The molecule has 0 aromatic rings. The first-order chi connectivity index (χ1) is 3.42. The molecule has 50 valence electrons. The Balaban J connectivity index is 3.39. The molecule has 0 spiro atoms. The van der Waals surface area contributed by atoms with Gasteiger partial charge >= 0.3 is 0 Å². The molecule has 4 nitrogen and oxygen atoms in total. The molecular formula is C4H13N2O2+. The Morgan fingerprint density at radius 1 is 1.38 bits per heavy atom. The first-order valence-electron chi connectivity index (χ1n) is 2.35. The van der Waals surface area contributed by atoms with Gasteiger partial charge in [-0.3, -0.25) is 5.21 Å². The summed E-state index contributed by atoms with van der Waals surface area (Å²) in [7, 11) is 6.82. The van der Waals surface area contributed by atoms with Gasteiger partial charge in [0.1, 0.15) is 21.1 Å². The van der Waals surface area contributed by atoms with E-state index in [1.165, 1.54) is 7.05 Å². The van der Waals surface area contributed by atoms with Crippen molar-refractivity contribution >= 4 is 0 Å². The topological polar surface area (TPSA) is 32.7 Å². The Morgan fingerprint density at radius 3 is 1.75 bits per heavy atom. The number of hydrogen-bond donors (Lipinski definition) is 1. The van der Waals surface area contributed by atoms with E-state index in [1.807, 2.05) is 0 Å². The molecule has 0 aliphatic heterocycles. The average molecular weight is 121 g/mol. The summed E-state index contributed by atoms with van der Waals surface area (Å²) >= 11 is 0. The van der Waals surface area contributed by atoms with Gasteiger partial charge in [0.05, 0.1) is 0 Å². The van der Waals surface area contributed by atoms with E-state index >= 15 is 0 Å². The van der Waals surface area contributed by atoms with Gasteiger partial charge in [-0.1, -0.05) is 4.94 Å². The lowest BCUT2D eigenvalue weighted by Gasteiger charge is -2.21. The fraction of sp³-hybridized carbons (Fsp3) is 1.00. The van der Waals surface area contributed by atoms with Crippen molar-refractivity contribution in [3.8, 4) is 0 Å². The van der Waals surface area contributed by atoms with Crippen LogP contribution in [0.3, 0.4) is 0 Å². The monoisotopic (exact) mass is 121 g/mol. The molecule has 0 radical (unpaired) electrons. The summed E-state index contributed by atoms with van der Waals surface area (Å²) in [5.74, 6) is 0. The second-order valence-electron chi connectivity index (χ2n) is 2.44. The maximum Gasteiger partial charge on any atom is 0.100 e. The predicted octanol–water partition coefficient (Wildman–Crippen LogP) is -0.140. The van der Waals surface area contributed by atoms with Crippen LogP contribution in [-0.2, 0) is 4.94 Å². The van der Waals surface area contributed by atoms with Gasteiger partial charge in [-0.15, -0.1) is 0 Å². The molecule has 1 N–H and O–H groups in total. The predicted molar refractivity (Wildman–Crippen MR) is 28.7 cm³/mol. The molecule has 0 heterocycles. The fourth-order valence-corrected chi connectivity index (χ4v) is 0.354. The van der Waals surface area contributed by atoms with Crippen molar-refractivity contribution in [1.29, 1.82) is 0 Å². The van der Waals surface area contributed by atoms with Crippen molar-refractivity contribution in [2.75, 3.05) is 28.2 Å². The zero-order valence-corrected chi connectivity index (χ0v) is 5.75. The highest BCUT2D eigenvalue weighted by atomic mass is 17.0. The maximum atomic E-state index is 8.48. The number of quaternary nitrogens is 1. The third-order valence-electron chi connectivity index (χ3n) is 0.363. The highest BCUT2D eigenvalue weighted by Crippen LogP contribution is 1.91. The largest absolute Gasteiger partial charge is 0.286 e.